The van der Waals surface area contributed by atoms with Gasteiger partial charge in [-0.2, -0.15) is 0 Å². The number of benzene rings is 1. The predicted molar refractivity (Wildman–Crippen MR) is 67.5 cm³/mol. The van der Waals surface area contributed by atoms with E-state index in [9.17, 15) is 4.79 Å². The second-order valence-electron chi connectivity index (χ2n) is 4.95. The monoisotopic (exact) mass is 236 g/mol. The molecule has 94 valence electrons. The molecule has 0 aromatic heterocycles. The first-order valence-electron chi connectivity index (χ1n) is 5.65. The lowest BCUT2D eigenvalue weighted by molar-refractivity contribution is 0.0999. The SMILES string of the molecule is CC(C)(CO)CNCc1ccccc1C(N)=O. The molecule has 4 nitrogen and oxygen atoms in total. The van der Waals surface area contributed by atoms with Crippen LogP contribution in [-0.2, 0) is 6.54 Å². The molecule has 0 saturated heterocycles. The van der Waals surface area contributed by atoms with Crippen LogP contribution < -0.4 is 11.1 Å². The van der Waals surface area contributed by atoms with Crippen molar-refractivity contribution in [2.24, 2.45) is 11.1 Å². The predicted octanol–water partition coefficient (Wildman–Crippen LogP) is 0.894. The van der Waals surface area contributed by atoms with Crippen molar-refractivity contribution in [2.75, 3.05) is 13.2 Å². The molecule has 17 heavy (non-hydrogen) atoms. The van der Waals surface area contributed by atoms with Crippen molar-refractivity contribution in [3.8, 4) is 0 Å². The molecule has 0 atom stereocenters. The minimum Gasteiger partial charge on any atom is -0.396 e. The van der Waals surface area contributed by atoms with Gasteiger partial charge in [0.25, 0.3) is 0 Å². The molecule has 0 bridgehead atoms. The number of primary amides is 1. The first kappa shape index (κ1) is 13.7. The fourth-order valence-electron chi connectivity index (χ4n) is 1.51. The maximum absolute atomic E-state index is 11.2. The third kappa shape index (κ3) is 4.17. The van der Waals surface area contributed by atoms with Crippen molar-refractivity contribution >= 4 is 5.91 Å². The van der Waals surface area contributed by atoms with Crippen molar-refractivity contribution in [1.29, 1.82) is 0 Å². The van der Waals surface area contributed by atoms with Gasteiger partial charge in [-0.05, 0) is 11.6 Å². The Kier molecular flexibility index (Phi) is 4.66. The van der Waals surface area contributed by atoms with E-state index in [0.29, 0.717) is 18.7 Å². The standard InChI is InChI=1S/C13H20N2O2/c1-13(2,9-16)8-15-7-10-5-3-4-6-11(10)12(14)17/h3-6,15-16H,7-9H2,1-2H3,(H2,14,17). The topological polar surface area (TPSA) is 75.3 Å². The second-order valence-corrected chi connectivity index (χ2v) is 4.95. The van der Waals surface area contributed by atoms with Gasteiger partial charge in [-0.1, -0.05) is 32.0 Å². The van der Waals surface area contributed by atoms with E-state index >= 15 is 0 Å². The van der Waals surface area contributed by atoms with Gasteiger partial charge in [-0.3, -0.25) is 4.79 Å². The van der Waals surface area contributed by atoms with Gasteiger partial charge in [0.05, 0.1) is 0 Å². The summed E-state index contributed by atoms with van der Waals surface area (Å²) in [5.74, 6) is -0.413. The molecule has 1 aromatic rings. The van der Waals surface area contributed by atoms with Crippen molar-refractivity contribution in [3.63, 3.8) is 0 Å². The van der Waals surface area contributed by atoms with E-state index in [0.717, 1.165) is 5.56 Å². The number of nitrogens with two attached hydrogens (primary N) is 1. The molecule has 0 fully saturated rings. The molecule has 0 heterocycles. The molecule has 1 aromatic carbocycles. The normalized spacial score (nSPS) is 11.5. The summed E-state index contributed by atoms with van der Waals surface area (Å²) in [6.45, 7) is 5.32. The number of carbonyl (C=O) groups is 1. The van der Waals surface area contributed by atoms with Crippen LogP contribution in [-0.4, -0.2) is 24.2 Å². The van der Waals surface area contributed by atoms with E-state index in [1.807, 2.05) is 26.0 Å². The van der Waals surface area contributed by atoms with Gasteiger partial charge in [0.2, 0.25) is 5.91 Å². The molecule has 1 amide bonds. The molecular weight excluding hydrogens is 216 g/mol. The highest BCUT2D eigenvalue weighted by atomic mass is 16.3. The van der Waals surface area contributed by atoms with Crippen LogP contribution in [0.25, 0.3) is 0 Å². The van der Waals surface area contributed by atoms with Crippen LogP contribution in [0.1, 0.15) is 29.8 Å². The summed E-state index contributed by atoms with van der Waals surface area (Å²) in [6, 6.07) is 7.26. The van der Waals surface area contributed by atoms with Gasteiger partial charge in [-0.15, -0.1) is 0 Å². The zero-order valence-corrected chi connectivity index (χ0v) is 10.4. The summed E-state index contributed by atoms with van der Waals surface area (Å²) in [6.07, 6.45) is 0. The minimum absolute atomic E-state index is 0.122. The lowest BCUT2D eigenvalue weighted by atomic mass is 9.95. The lowest BCUT2D eigenvalue weighted by Crippen LogP contribution is -2.32. The molecule has 0 spiro atoms. The summed E-state index contributed by atoms with van der Waals surface area (Å²) in [7, 11) is 0. The van der Waals surface area contributed by atoms with Gasteiger partial charge in [0, 0.05) is 30.7 Å². The zero-order chi connectivity index (χ0) is 12.9. The Balaban J connectivity index is 2.61. The van der Waals surface area contributed by atoms with Gasteiger partial charge in [0.15, 0.2) is 0 Å². The average molecular weight is 236 g/mol. The molecule has 0 radical (unpaired) electrons. The highest BCUT2D eigenvalue weighted by Crippen LogP contribution is 2.13. The fourth-order valence-corrected chi connectivity index (χ4v) is 1.51. The quantitative estimate of drug-likeness (QED) is 0.686. The number of nitrogens with one attached hydrogen (secondary N) is 1. The molecule has 0 aliphatic rings. The van der Waals surface area contributed by atoms with E-state index < -0.39 is 5.91 Å². The fraction of sp³-hybridized carbons (Fsp3) is 0.462. The number of aliphatic hydroxyl groups excluding tert-OH is 1. The van der Waals surface area contributed by atoms with Crippen molar-refractivity contribution in [3.05, 3.63) is 35.4 Å². The largest absolute Gasteiger partial charge is 0.396 e. The van der Waals surface area contributed by atoms with Gasteiger partial charge < -0.3 is 16.2 Å². The van der Waals surface area contributed by atoms with Crippen LogP contribution in [0.4, 0.5) is 0 Å². The van der Waals surface area contributed by atoms with Crippen LogP contribution >= 0.6 is 0 Å². The van der Waals surface area contributed by atoms with Crippen molar-refractivity contribution in [1.82, 2.24) is 5.32 Å². The molecule has 0 saturated carbocycles. The molecule has 0 aliphatic carbocycles. The number of hydrogen-bond acceptors (Lipinski definition) is 3. The number of hydrogen-bond donors (Lipinski definition) is 3. The molecule has 4 N–H and O–H groups in total. The third-order valence-electron chi connectivity index (χ3n) is 2.63. The molecule has 1 rings (SSSR count). The van der Waals surface area contributed by atoms with Gasteiger partial charge >= 0.3 is 0 Å². The first-order valence-corrected chi connectivity index (χ1v) is 5.65. The molecular formula is C13H20N2O2. The maximum atomic E-state index is 11.2. The minimum atomic E-state index is -0.413. The van der Waals surface area contributed by atoms with E-state index in [-0.39, 0.29) is 12.0 Å². The highest BCUT2D eigenvalue weighted by Gasteiger charge is 2.16. The Morgan fingerprint density at radius 1 is 1.41 bits per heavy atom. The Bertz CT molecular complexity index is 389. The van der Waals surface area contributed by atoms with Crippen LogP contribution in [0, 0.1) is 5.41 Å². The Labute approximate surface area is 102 Å². The Morgan fingerprint density at radius 3 is 2.65 bits per heavy atom. The first-order chi connectivity index (χ1) is 7.96. The van der Waals surface area contributed by atoms with Crippen molar-refractivity contribution < 1.29 is 9.90 Å². The number of carbonyl (C=O) groups excluding carboxylic acids is 1. The summed E-state index contributed by atoms with van der Waals surface area (Å²) < 4.78 is 0. The van der Waals surface area contributed by atoms with Crippen LogP contribution in [0.5, 0.6) is 0 Å². The number of amides is 1. The van der Waals surface area contributed by atoms with Crippen LogP contribution in [0.3, 0.4) is 0 Å². The third-order valence-corrected chi connectivity index (χ3v) is 2.63. The van der Waals surface area contributed by atoms with Crippen LogP contribution in [0.15, 0.2) is 24.3 Å². The van der Waals surface area contributed by atoms with E-state index in [1.165, 1.54) is 0 Å². The van der Waals surface area contributed by atoms with Gasteiger partial charge in [0.1, 0.15) is 0 Å². The maximum Gasteiger partial charge on any atom is 0.249 e. The Hall–Kier alpha value is -1.39. The summed E-state index contributed by atoms with van der Waals surface area (Å²) in [5, 5.41) is 12.3. The van der Waals surface area contributed by atoms with E-state index in [1.54, 1.807) is 12.1 Å². The van der Waals surface area contributed by atoms with Crippen molar-refractivity contribution in [2.45, 2.75) is 20.4 Å². The average Bonchev–Trinajstić information content (AvgIpc) is 2.29. The highest BCUT2D eigenvalue weighted by molar-refractivity contribution is 5.94. The van der Waals surface area contributed by atoms with E-state index in [4.69, 9.17) is 10.8 Å². The van der Waals surface area contributed by atoms with E-state index in [2.05, 4.69) is 5.32 Å². The van der Waals surface area contributed by atoms with Crippen LogP contribution in [0.2, 0.25) is 0 Å². The smallest absolute Gasteiger partial charge is 0.249 e. The molecule has 4 heteroatoms. The summed E-state index contributed by atoms with van der Waals surface area (Å²) in [4.78, 5) is 11.2. The lowest BCUT2D eigenvalue weighted by Gasteiger charge is -2.22. The summed E-state index contributed by atoms with van der Waals surface area (Å²) in [5.41, 5.74) is 6.55. The molecule has 0 unspecified atom stereocenters. The number of rotatable bonds is 6. The van der Waals surface area contributed by atoms with Gasteiger partial charge in [-0.25, -0.2) is 0 Å². The second kappa shape index (κ2) is 5.80. The number of aliphatic hydroxyl groups is 1. The zero-order valence-electron chi connectivity index (χ0n) is 10.4. The Morgan fingerprint density at radius 2 is 2.06 bits per heavy atom. The summed E-state index contributed by atoms with van der Waals surface area (Å²) >= 11 is 0. The molecule has 0 aliphatic heterocycles.